The van der Waals surface area contributed by atoms with E-state index in [0.717, 1.165) is 32.0 Å². The van der Waals surface area contributed by atoms with Crippen molar-refractivity contribution in [2.75, 3.05) is 32.8 Å². The first-order valence-corrected chi connectivity index (χ1v) is 9.56. The Labute approximate surface area is 160 Å². The van der Waals surface area contributed by atoms with Gasteiger partial charge in [0.25, 0.3) is 0 Å². The Kier molecular flexibility index (Phi) is 6.68. The van der Waals surface area contributed by atoms with E-state index in [1.54, 1.807) is 12.1 Å². The van der Waals surface area contributed by atoms with Gasteiger partial charge in [-0.1, -0.05) is 13.0 Å². The second-order valence-corrected chi connectivity index (χ2v) is 6.83. The van der Waals surface area contributed by atoms with E-state index in [9.17, 15) is 4.39 Å². The molecule has 1 aliphatic heterocycles. The van der Waals surface area contributed by atoms with E-state index in [1.807, 2.05) is 18.7 Å². The van der Waals surface area contributed by atoms with E-state index in [-0.39, 0.29) is 5.82 Å². The highest BCUT2D eigenvalue weighted by Crippen LogP contribution is 2.27. The molecule has 1 aliphatic rings. The van der Waals surface area contributed by atoms with E-state index in [0.29, 0.717) is 30.9 Å². The number of likely N-dealkylation sites (tertiary alicyclic amines) is 1. The van der Waals surface area contributed by atoms with Crippen LogP contribution >= 0.6 is 0 Å². The third-order valence-corrected chi connectivity index (χ3v) is 4.88. The Morgan fingerprint density at radius 2 is 2.33 bits per heavy atom. The van der Waals surface area contributed by atoms with Gasteiger partial charge in [-0.25, -0.2) is 14.4 Å². The zero-order valence-corrected chi connectivity index (χ0v) is 16.0. The molecule has 1 saturated heterocycles. The summed E-state index contributed by atoms with van der Waals surface area (Å²) in [6.45, 7) is 7.97. The molecule has 0 spiro atoms. The molecule has 1 aromatic heterocycles. The Balaban J connectivity index is 1.59. The number of hydrogen-bond donors (Lipinski definition) is 1. The van der Waals surface area contributed by atoms with Crippen LogP contribution in [0.2, 0.25) is 0 Å². The molecule has 7 heteroatoms. The number of aromatic nitrogens is 2. The third-order valence-electron chi connectivity index (χ3n) is 4.88. The van der Waals surface area contributed by atoms with Crippen LogP contribution in [0.25, 0.3) is 0 Å². The lowest BCUT2D eigenvalue weighted by Crippen LogP contribution is -2.49. The minimum Gasteiger partial charge on any atom is -0.492 e. The van der Waals surface area contributed by atoms with Gasteiger partial charge in [0.2, 0.25) is 0 Å². The van der Waals surface area contributed by atoms with Crippen molar-refractivity contribution >= 4 is 5.96 Å². The smallest absolute Gasteiger partial charge is 0.194 e. The van der Waals surface area contributed by atoms with Crippen LogP contribution in [0, 0.1) is 11.7 Å². The molecule has 1 aromatic carbocycles. The first-order valence-electron chi connectivity index (χ1n) is 9.56. The molecule has 0 bridgehead atoms. The number of guanidine groups is 1. The lowest BCUT2D eigenvalue weighted by molar-refractivity contribution is 0.188. The maximum atomic E-state index is 13.2. The monoisotopic (exact) mass is 373 g/mol. The van der Waals surface area contributed by atoms with E-state index >= 15 is 0 Å². The summed E-state index contributed by atoms with van der Waals surface area (Å²) < 4.78 is 21.0. The summed E-state index contributed by atoms with van der Waals surface area (Å²) in [5.41, 5.74) is 0. The number of nitrogens with one attached hydrogen (secondary N) is 1. The minimum atomic E-state index is -0.294. The second-order valence-electron chi connectivity index (χ2n) is 6.83. The molecular formula is C20H28FN5O. The SMILES string of the molecule is CCNC(=NCCOc1cccc(F)c1)N1CCC(C)C(n2ccnc2)C1. The molecule has 1 N–H and O–H groups in total. The van der Waals surface area contributed by atoms with Crippen LogP contribution in [-0.2, 0) is 0 Å². The van der Waals surface area contributed by atoms with Gasteiger partial charge in [-0.15, -0.1) is 0 Å². The Bertz CT molecular complexity index is 734. The lowest BCUT2D eigenvalue weighted by atomic mass is 9.93. The zero-order chi connectivity index (χ0) is 19.1. The topological polar surface area (TPSA) is 54.7 Å². The number of imidazole rings is 1. The van der Waals surface area contributed by atoms with Crippen molar-refractivity contribution in [3.8, 4) is 5.75 Å². The molecule has 0 radical (unpaired) electrons. The lowest BCUT2D eigenvalue weighted by Gasteiger charge is -2.39. The fourth-order valence-electron chi connectivity index (χ4n) is 3.39. The van der Waals surface area contributed by atoms with Crippen molar-refractivity contribution in [2.45, 2.75) is 26.3 Å². The molecule has 2 unspecified atom stereocenters. The van der Waals surface area contributed by atoms with Crippen molar-refractivity contribution in [2.24, 2.45) is 10.9 Å². The highest BCUT2D eigenvalue weighted by molar-refractivity contribution is 5.80. The highest BCUT2D eigenvalue weighted by Gasteiger charge is 2.28. The maximum Gasteiger partial charge on any atom is 0.194 e. The number of halogens is 1. The number of benzene rings is 1. The molecule has 6 nitrogen and oxygen atoms in total. The van der Waals surface area contributed by atoms with Crippen LogP contribution in [0.3, 0.4) is 0 Å². The largest absolute Gasteiger partial charge is 0.492 e. The standard InChI is InChI=1S/C20H28FN5O/c1-3-23-20(24-9-12-27-18-6-4-5-17(21)13-18)25-10-7-16(2)19(14-25)26-11-8-22-15-26/h4-6,8,11,13,15-16,19H,3,7,9-10,12,14H2,1-2H3,(H,23,24). The van der Waals surface area contributed by atoms with Gasteiger partial charge in [0.05, 0.1) is 18.9 Å². The Morgan fingerprint density at radius 1 is 1.44 bits per heavy atom. The number of nitrogens with zero attached hydrogens (tertiary/aromatic N) is 4. The highest BCUT2D eigenvalue weighted by atomic mass is 19.1. The third kappa shape index (κ3) is 5.21. The molecule has 2 atom stereocenters. The van der Waals surface area contributed by atoms with Gasteiger partial charge < -0.3 is 19.5 Å². The predicted molar refractivity (Wildman–Crippen MR) is 104 cm³/mol. The van der Waals surface area contributed by atoms with E-state index in [4.69, 9.17) is 9.73 Å². The van der Waals surface area contributed by atoms with Gasteiger partial charge in [0.1, 0.15) is 18.2 Å². The van der Waals surface area contributed by atoms with Crippen molar-refractivity contribution in [3.63, 3.8) is 0 Å². The van der Waals surface area contributed by atoms with Crippen molar-refractivity contribution in [1.29, 1.82) is 0 Å². The van der Waals surface area contributed by atoms with Crippen LogP contribution < -0.4 is 10.1 Å². The summed E-state index contributed by atoms with van der Waals surface area (Å²) in [5, 5.41) is 3.38. The van der Waals surface area contributed by atoms with Gasteiger partial charge in [0, 0.05) is 38.1 Å². The van der Waals surface area contributed by atoms with Crippen LogP contribution in [0.5, 0.6) is 5.75 Å². The van der Waals surface area contributed by atoms with Crippen molar-refractivity contribution in [1.82, 2.24) is 19.8 Å². The van der Waals surface area contributed by atoms with Crippen LogP contribution in [0.15, 0.2) is 48.0 Å². The summed E-state index contributed by atoms with van der Waals surface area (Å²) in [6, 6.07) is 6.57. The molecule has 0 amide bonds. The van der Waals surface area contributed by atoms with Crippen LogP contribution in [0.4, 0.5) is 4.39 Å². The molecule has 1 fully saturated rings. The fraction of sp³-hybridized carbons (Fsp3) is 0.500. The molecule has 0 saturated carbocycles. The molecule has 3 rings (SSSR count). The van der Waals surface area contributed by atoms with Gasteiger partial charge in [-0.3, -0.25) is 0 Å². The number of aliphatic imine (C=N–C) groups is 1. The van der Waals surface area contributed by atoms with E-state index in [1.165, 1.54) is 12.1 Å². The Hall–Kier alpha value is -2.57. The average molecular weight is 373 g/mol. The van der Waals surface area contributed by atoms with Gasteiger partial charge >= 0.3 is 0 Å². The number of piperidine rings is 1. The molecular weight excluding hydrogens is 345 g/mol. The predicted octanol–water partition coefficient (Wildman–Crippen LogP) is 2.95. The number of hydrogen-bond acceptors (Lipinski definition) is 3. The Morgan fingerprint density at radius 3 is 3.07 bits per heavy atom. The summed E-state index contributed by atoms with van der Waals surface area (Å²) in [4.78, 5) is 11.2. The van der Waals surface area contributed by atoms with Gasteiger partial charge in [0.15, 0.2) is 5.96 Å². The molecule has 2 aromatic rings. The van der Waals surface area contributed by atoms with Crippen LogP contribution in [0.1, 0.15) is 26.3 Å². The molecule has 27 heavy (non-hydrogen) atoms. The van der Waals surface area contributed by atoms with Crippen molar-refractivity contribution in [3.05, 3.63) is 48.8 Å². The van der Waals surface area contributed by atoms with Gasteiger partial charge in [-0.2, -0.15) is 0 Å². The molecule has 2 heterocycles. The summed E-state index contributed by atoms with van der Waals surface area (Å²) in [6.07, 6.45) is 6.85. The molecule has 146 valence electrons. The fourth-order valence-corrected chi connectivity index (χ4v) is 3.39. The van der Waals surface area contributed by atoms with E-state index < -0.39 is 0 Å². The molecule has 0 aliphatic carbocycles. The van der Waals surface area contributed by atoms with Gasteiger partial charge in [-0.05, 0) is 31.4 Å². The summed E-state index contributed by atoms with van der Waals surface area (Å²) in [5.74, 6) is 1.73. The first-order chi connectivity index (χ1) is 13.2. The zero-order valence-electron chi connectivity index (χ0n) is 16.0. The summed E-state index contributed by atoms with van der Waals surface area (Å²) >= 11 is 0. The van der Waals surface area contributed by atoms with Crippen LogP contribution in [-0.4, -0.2) is 53.2 Å². The number of ether oxygens (including phenoxy) is 1. The quantitative estimate of drug-likeness (QED) is 0.481. The van der Waals surface area contributed by atoms with E-state index in [2.05, 4.69) is 33.6 Å². The second kappa shape index (κ2) is 9.39. The maximum absolute atomic E-state index is 13.2. The average Bonchev–Trinajstić information content (AvgIpc) is 3.19. The first kappa shape index (κ1) is 19.2. The normalized spacial score (nSPS) is 20.6. The number of rotatable bonds is 6. The van der Waals surface area contributed by atoms with Crippen molar-refractivity contribution < 1.29 is 9.13 Å². The minimum absolute atomic E-state index is 0.294. The summed E-state index contributed by atoms with van der Waals surface area (Å²) in [7, 11) is 0.